The highest BCUT2D eigenvalue weighted by atomic mass is 127. The minimum Gasteiger partial charge on any atom is -0.357 e. The van der Waals surface area contributed by atoms with Gasteiger partial charge in [0.25, 0.3) is 0 Å². The molecule has 1 saturated carbocycles. The largest absolute Gasteiger partial charge is 0.357 e. The normalized spacial score (nSPS) is 24.0. The molecule has 1 atom stereocenters. The Labute approximate surface area is 180 Å². The predicted molar refractivity (Wildman–Crippen MR) is 122 cm³/mol. The first kappa shape index (κ1) is 20.6. The maximum atomic E-state index is 5.00. The van der Waals surface area contributed by atoms with E-state index >= 15 is 0 Å². The Hall–Kier alpha value is -1.09. The second kappa shape index (κ2) is 9.91. The molecule has 3 aliphatic rings. The molecule has 1 aromatic rings. The molecule has 3 heterocycles. The average molecular weight is 484 g/mol. The number of aromatic nitrogens is 1. The van der Waals surface area contributed by atoms with E-state index in [1.807, 2.05) is 12.3 Å². The number of halogens is 1. The number of pyridine rings is 1. The van der Waals surface area contributed by atoms with Gasteiger partial charge in [-0.1, -0.05) is 6.07 Å². The fraction of sp³-hybridized carbons (Fsp3) is 0.700. The molecular formula is C20H33IN6. The van der Waals surface area contributed by atoms with E-state index in [-0.39, 0.29) is 24.0 Å². The topological polar surface area (TPSA) is 47.0 Å². The lowest BCUT2D eigenvalue weighted by Gasteiger charge is -2.37. The quantitative estimate of drug-likeness (QED) is 0.395. The zero-order valence-electron chi connectivity index (χ0n) is 16.4. The molecule has 150 valence electrons. The smallest absolute Gasteiger partial charge is 0.194 e. The van der Waals surface area contributed by atoms with Crippen LogP contribution in [0.4, 0.5) is 5.82 Å². The lowest BCUT2D eigenvalue weighted by molar-refractivity contribution is 0.315. The number of aliphatic imine (C=N–C) groups is 1. The van der Waals surface area contributed by atoms with Crippen LogP contribution in [-0.2, 0) is 0 Å². The van der Waals surface area contributed by atoms with Crippen LogP contribution < -0.4 is 10.2 Å². The highest BCUT2D eigenvalue weighted by Crippen LogP contribution is 2.31. The molecule has 0 spiro atoms. The molecule has 3 fully saturated rings. The first-order valence-corrected chi connectivity index (χ1v) is 10.3. The molecule has 1 N–H and O–H groups in total. The first-order chi connectivity index (χ1) is 12.8. The Balaban J connectivity index is 0.00000210. The van der Waals surface area contributed by atoms with Crippen molar-refractivity contribution in [1.82, 2.24) is 20.1 Å². The number of anilines is 1. The van der Waals surface area contributed by atoms with Crippen molar-refractivity contribution in [3.05, 3.63) is 24.4 Å². The van der Waals surface area contributed by atoms with Gasteiger partial charge in [0, 0.05) is 58.1 Å². The SMILES string of the molecule is CCNC(=NCC1CCN(C2CC2)C1)N1CCN(c2ccccn2)CC1.I. The van der Waals surface area contributed by atoms with E-state index in [9.17, 15) is 0 Å². The monoisotopic (exact) mass is 484 g/mol. The molecule has 27 heavy (non-hydrogen) atoms. The van der Waals surface area contributed by atoms with Crippen molar-refractivity contribution in [2.45, 2.75) is 32.2 Å². The summed E-state index contributed by atoms with van der Waals surface area (Å²) in [5, 5.41) is 3.51. The zero-order valence-corrected chi connectivity index (χ0v) is 18.7. The highest BCUT2D eigenvalue weighted by molar-refractivity contribution is 14.0. The number of piperazine rings is 1. The molecule has 7 heteroatoms. The van der Waals surface area contributed by atoms with Crippen molar-refractivity contribution >= 4 is 35.8 Å². The molecular weight excluding hydrogens is 451 g/mol. The fourth-order valence-corrected chi connectivity index (χ4v) is 4.11. The van der Waals surface area contributed by atoms with E-state index < -0.39 is 0 Å². The summed E-state index contributed by atoms with van der Waals surface area (Å²) in [6.07, 6.45) is 6.02. The van der Waals surface area contributed by atoms with E-state index in [4.69, 9.17) is 4.99 Å². The maximum absolute atomic E-state index is 5.00. The summed E-state index contributed by atoms with van der Waals surface area (Å²) in [5.41, 5.74) is 0. The Morgan fingerprint density at radius 1 is 1.15 bits per heavy atom. The summed E-state index contributed by atoms with van der Waals surface area (Å²) >= 11 is 0. The predicted octanol–water partition coefficient (Wildman–Crippen LogP) is 2.27. The van der Waals surface area contributed by atoms with Crippen LogP contribution in [0.15, 0.2) is 29.4 Å². The Morgan fingerprint density at radius 3 is 2.63 bits per heavy atom. The number of hydrogen-bond acceptors (Lipinski definition) is 4. The molecule has 1 unspecified atom stereocenters. The third kappa shape index (κ3) is 5.47. The van der Waals surface area contributed by atoms with Crippen LogP contribution in [0.5, 0.6) is 0 Å². The number of likely N-dealkylation sites (tertiary alicyclic amines) is 1. The van der Waals surface area contributed by atoms with E-state index in [0.29, 0.717) is 0 Å². The molecule has 1 aromatic heterocycles. The van der Waals surface area contributed by atoms with Gasteiger partial charge in [0.05, 0.1) is 0 Å². The minimum atomic E-state index is 0. The van der Waals surface area contributed by atoms with E-state index in [0.717, 1.165) is 63.0 Å². The summed E-state index contributed by atoms with van der Waals surface area (Å²) in [6, 6.07) is 7.04. The van der Waals surface area contributed by atoms with Crippen LogP contribution in [0, 0.1) is 5.92 Å². The van der Waals surface area contributed by atoms with Crippen molar-refractivity contribution in [3.63, 3.8) is 0 Å². The molecule has 6 nitrogen and oxygen atoms in total. The van der Waals surface area contributed by atoms with Crippen LogP contribution in [0.25, 0.3) is 0 Å². The van der Waals surface area contributed by atoms with Crippen molar-refractivity contribution in [2.75, 3.05) is 57.3 Å². The van der Waals surface area contributed by atoms with Crippen molar-refractivity contribution in [1.29, 1.82) is 0 Å². The second-order valence-electron chi connectivity index (χ2n) is 7.74. The third-order valence-corrected chi connectivity index (χ3v) is 5.77. The van der Waals surface area contributed by atoms with Crippen molar-refractivity contribution in [3.8, 4) is 0 Å². The van der Waals surface area contributed by atoms with Crippen LogP contribution in [0.1, 0.15) is 26.2 Å². The third-order valence-electron chi connectivity index (χ3n) is 5.77. The van der Waals surface area contributed by atoms with Crippen LogP contribution in [0.3, 0.4) is 0 Å². The fourth-order valence-electron chi connectivity index (χ4n) is 4.11. The zero-order chi connectivity index (χ0) is 17.8. The number of guanidine groups is 1. The van der Waals surface area contributed by atoms with Gasteiger partial charge < -0.3 is 20.0 Å². The van der Waals surface area contributed by atoms with Gasteiger partial charge in [0.1, 0.15) is 5.82 Å². The Morgan fingerprint density at radius 2 is 1.96 bits per heavy atom. The summed E-state index contributed by atoms with van der Waals surface area (Å²) in [7, 11) is 0. The molecule has 2 aliphatic heterocycles. The van der Waals surface area contributed by atoms with E-state index in [1.54, 1.807) is 0 Å². The number of rotatable bonds is 5. The minimum absolute atomic E-state index is 0. The summed E-state index contributed by atoms with van der Waals surface area (Å²) in [4.78, 5) is 16.9. The van der Waals surface area contributed by atoms with Gasteiger partial charge in [-0.15, -0.1) is 24.0 Å². The number of nitrogens with one attached hydrogen (secondary N) is 1. The molecule has 0 bridgehead atoms. The lowest BCUT2D eigenvalue weighted by atomic mass is 10.1. The Kier molecular flexibility index (Phi) is 7.57. The average Bonchev–Trinajstić information content (AvgIpc) is 3.44. The van der Waals surface area contributed by atoms with Crippen LogP contribution in [0.2, 0.25) is 0 Å². The number of hydrogen-bond donors (Lipinski definition) is 1. The van der Waals surface area contributed by atoms with Crippen LogP contribution in [-0.4, -0.2) is 79.1 Å². The van der Waals surface area contributed by atoms with Gasteiger partial charge in [0.15, 0.2) is 5.96 Å². The highest BCUT2D eigenvalue weighted by Gasteiger charge is 2.34. The van der Waals surface area contributed by atoms with E-state index in [1.165, 1.54) is 32.4 Å². The summed E-state index contributed by atoms with van der Waals surface area (Å²) < 4.78 is 0. The van der Waals surface area contributed by atoms with Crippen LogP contribution >= 0.6 is 24.0 Å². The van der Waals surface area contributed by atoms with Gasteiger partial charge in [0.2, 0.25) is 0 Å². The standard InChI is InChI=1S/C20H32N6.HI/c1-2-21-20(23-15-17-8-10-26(16-17)18-6-7-18)25-13-11-24(12-14-25)19-5-3-4-9-22-19;/h3-5,9,17-18H,2,6-8,10-16H2,1H3,(H,21,23);1H. The van der Waals surface area contributed by atoms with Gasteiger partial charge >= 0.3 is 0 Å². The molecule has 0 aromatic carbocycles. The van der Waals surface area contributed by atoms with Gasteiger partial charge in [-0.2, -0.15) is 0 Å². The number of nitrogens with zero attached hydrogens (tertiary/aromatic N) is 5. The van der Waals surface area contributed by atoms with Crippen molar-refractivity contribution < 1.29 is 0 Å². The molecule has 0 radical (unpaired) electrons. The van der Waals surface area contributed by atoms with Gasteiger partial charge in [-0.25, -0.2) is 4.98 Å². The summed E-state index contributed by atoms with van der Waals surface area (Å²) in [6.45, 7) is 10.6. The van der Waals surface area contributed by atoms with Gasteiger partial charge in [-0.3, -0.25) is 4.99 Å². The van der Waals surface area contributed by atoms with Gasteiger partial charge in [-0.05, 0) is 50.8 Å². The maximum Gasteiger partial charge on any atom is 0.194 e. The lowest BCUT2D eigenvalue weighted by Crippen LogP contribution is -2.52. The van der Waals surface area contributed by atoms with Crippen molar-refractivity contribution in [2.24, 2.45) is 10.9 Å². The molecule has 4 rings (SSSR count). The summed E-state index contributed by atoms with van der Waals surface area (Å²) in [5.74, 6) is 2.91. The second-order valence-corrected chi connectivity index (χ2v) is 7.74. The molecule has 2 saturated heterocycles. The molecule has 1 aliphatic carbocycles. The van der Waals surface area contributed by atoms with E-state index in [2.05, 4.69) is 44.1 Å². The molecule has 0 amide bonds. The Bertz CT molecular complexity index is 598. The first-order valence-electron chi connectivity index (χ1n) is 10.3.